The van der Waals surface area contributed by atoms with Gasteiger partial charge in [-0.05, 0) is 0 Å². The second-order valence-electron chi connectivity index (χ2n) is 2.62. The topological polar surface area (TPSA) is 77.8 Å². The zero-order valence-corrected chi connectivity index (χ0v) is 8.99. The standard InChI is InChI=1S/C7H6Cl2N4O2/c8-2-6-12-10-4(14-6)1-5-11-13-7(3-9)15-5/h1-3H2. The van der Waals surface area contributed by atoms with Crippen LogP contribution in [-0.4, -0.2) is 20.4 Å². The van der Waals surface area contributed by atoms with E-state index >= 15 is 0 Å². The molecule has 2 heterocycles. The first-order chi connectivity index (χ1) is 7.31. The van der Waals surface area contributed by atoms with Crippen LogP contribution in [0.15, 0.2) is 8.83 Å². The molecule has 0 fully saturated rings. The monoisotopic (exact) mass is 248 g/mol. The minimum absolute atomic E-state index is 0.184. The number of hydrogen-bond acceptors (Lipinski definition) is 6. The normalized spacial score (nSPS) is 10.8. The van der Waals surface area contributed by atoms with Gasteiger partial charge in [0.1, 0.15) is 18.2 Å². The maximum Gasteiger partial charge on any atom is 0.231 e. The number of hydrogen-bond donors (Lipinski definition) is 0. The molecule has 0 radical (unpaired) electrons. The minimum Gasteiger partial charge on any atom is -0.423 e. The molecule has 0 aliphatic rings. The van der Waals surface area contributed by atoms with Gasteiger partial charge < -0.3 is 8.83 Å². The van der Waals surface area contributed by atoms with Crippen LogP contribution in [0.3, 0.4) is 0 Å². The molecule has 0 aromatic carbocycles. The molecule has 0 bridgehead atoms. The Morgan fingerprint density at radius 3 is 1.47 bits per heavy atom. The Balaban J connectivity index is 2.07. The van der Waals surface area contributed by atoms with Crippen LogP contribution in [0.2, 0.25) is 0 Å². The van der Waals surface area contributed by atoms with Crippen LogP contribution in [0.4, 0.5) is 0 Å². The smallest absolute Gasteiger partial charge is 0.231 e. The molecule has 15 heavy (non-hydrogen) atoms. The van der Waals surface area contributed by atoms with E-state index in [0.29, 0.717) is 23.6 Å². The van der Waals surface area contributed by atoms with E-state index in [-0.39, 0.29) is 18.2 Å². The van der Waals surface area contributed by atoms with Crippen molar-refractivity contribution in [1.82, 2.24) is 20.4 Å². The third-order valence-corrected chi connectivity index (χ3v) is 2.01. The SMILES string of the molecule is ClCc1nnc(Cc2nnc(CCl)o2)o1. The van der Waals surface area contributed by atoms with Crippen LogP contribution < -0.4 is 0 Å². The zero-order valence-electron chi connectivity index (χ0n) is 7.48. The summed E-state index contributed by atoms with van der Waals surface area (Å²) in [6, 6.07) is 0. The van der Waals surface area contributed by atoms with Crippen molar-refractivity contribution < 1.29 is 8.83 Å². The third kappa shape index (κ3) is 2.45. The molecule has 0 aliphatic heterocycles. The van der Waals surface area contributed by atoms with Gasteiger partial charge in [-0.3, -0.25) is 0 Å². The van der Waals surface area contributed by atoms with Crippen LogP contribution in [0.25, 0.3) is 0 Å². The second-order valence-corrected chi connectivity index (χ2v) is 3.16. The molecule has 2 aromatic heterocycles. The van der Waals surface area contributed by atoms with Crippen molar-refractivity contribution in [2.75, 3.05) is 0 Å². The molecular formula is C7H6Cl2N4O2. The number of alkyl halides is 2. The molecule has 0 N–H and O–H groups in total. The van der Waals surface area contributed by atoms with Gasteiger partial charge in [0.15, 0.2) is 0 Å². The highest BCUT2D eigenvalue weighted by Crippen LogP contribution is 2.09. The fourth-order valence-electron chi connectivity index (χ4n) is 0.957. The highest BCUT2D eigenvalue weighted by molar-refractivity contribution is 6.16. The number of halogens is 2. The van der Waals surface area contributed by atoms with E-state index in [2.05, 4.69) is 20.4 Å². The predicted molar refractivity (Wildman–Crippen MR) is 50.5 cm³/mol. The summed E-state index contributed by atoms with van der Waals surface area (Å²) in [5.74, 6) is 1.87. The number of aromatic nitrogens is 4. The molecular weight excluding hydrogens is 243 g/mol. The molecule has 0 aliphatic carbocycles. The van der Waals surface area contributed by atoms with Gasteiger partial charge >= 0.3 is 0 Å². The first kappa shape index (κ1) is 10.4. The summed E-state index contributed by atoms with van der Waals surface area (Å²) in [4.78, 5) is 0. The highest BCUT2D eigenvalue weighted by atomic mass is 35.5. The molecule has 0 atom stereocenters. The summed E-state index contributed by atoms with van der Waals surface area (Å²) in [5, 5.41) is 14.9. The lowest BCUT2D eigenvalue weighted by molar-refractivity contribution is 0.429. The second kappa shape index (κ2) is 4.59. The largest absolute Gasteiger partial charge is 0.423 e. The molecule has 0 saturated heterocycles. The van der Waals surface area contributed by atoms with Gasteiger partial charge in [-0.2, -0.15) is 0 Å². The fourth-order valence-corrected chi connectivity index (χ4v) is 1.17. The summed E-state index contributed by atoms with van der Waals surface area (Å²) in [5.41, 5.74) is 0. The van der Waals surface area contributed by atoms with E-state index in [1.165, 1.54) is 0 Å². The maximum atomic E-state index is 5.50. The first-order valence-corrected chi connectivity index (χ1v) is 5.13. The maximum absolute atomic E-state index is 5.50. The van der Waals surface area contributed by atoms with E-state index in [9.17, 15) is 0 Å². The third-order valence-electron chi connectivity index (χ3n) is 1.55. The van der Waals surface area contributed by atoms with E-state index in [1.807, 2.05) is 0 Å². The Labute approximate surface area is 94.6 Å². The first-order valence-electron chi connectivity index (χ1n) is 4.06. The van der Waals surface area contributed by atoms with Gasteiger partial charge in [-0.15, -0.1) is 43.6 Å². The van der Waals surface area contributed by atoms with Crippen molar-refractivity contribution in [3.05, 3.63) is 23.6 Å². The molecule has 6 nitrogen and oxygen atoms in total. The van der Waals surface area contributed by atoms with E-state index < -0.39 is 0 Å². The van der Waals surface area contributed by atoms with Crippen molar-refractivity contribution in [3.63, 3.8) is 0 Å². The summed E-state index contributed by atoms with van der Waals surface area (Å²) >= 11 is 11.0. The lowest BCUT2D eigenvalue weighted by Crippen LogP contribution is -1.88. The summed E-state index contributed by atoms with van der Waals surface area (Å²) in [6.45, 7) is 0. The summed E-state index contributed by atoms with van der Waals surface area (Å²) < 4.78 is 10.3. The van der Waals surface area contributed by atoms with Crippen molar-refractivity contribution in [2.45, 2.75) is 18.2 Å². The summed E-state index contributed by atoms with van der Waals surface area (Å²) in [7, 11) is 0. The van der Waals surface area contributed by atoms with Crippen LogP contribution >= 0.6 is 23.2 Å². The molecule has 8 heteroatoms. The average Bonchev–Trinajstić information content (AvgIpc) is 2.87. The van der Waals surface area contributed by atoms with Crippen molar-refractivity contribution in [2.24, 2.45) is 0 Å². The van der Waals surface area contributed by atoms with E-state index in [1.54, 1.807) is 0 Å². The molecule has 0 spiro atoms. The summed E-state index contributed by atoms with van der Waals surface area (Å²) in [6.07, 6.45) is 0.285. The molecule has 0 saturated carbocycles. The molecule has 2 aromatic rings. The zero-order chi connectivity index (χ0) is 10.7. The Morgan fingerprint density at radius 2 is 1.13 bits per heavy atom. The highest BCUT2D eigenvalue weighted by Gasteiger charge is 2.11. The number of nitrogens with zero attached hydrogens (tertiary/aromatic N) is 4. The van der Waals surface area contributed by atoms with Gasteiger partial charge in [-0.1, -0.05) is 0 Å². The lowest BCUT2D eigenvalue weighted by Gasteiger charge is -1.86. The van der Waals surface area contributed by atoms with Gasteiger partial charge in [0, 0.05) is 0 Å². The molecule has 80 valence electrons. The van der Waals surface area contributed by atoms with Crippen LogP contribution in [0.1, 0.15) is 23.6 Å². The Morgan fingerprint density at radius 1 is 0.733 bits per heavy atom. The van der Waals surface area contributed by atoms with E-state index in [0.717, 1.165) is 0 Å². The van der Waals surface area contributed by atoms with Gasteiger partial charge in [-0.25, -0.2) is 0 Å². The van der Waals surface area contributed by atoms with Crippen LogP contribution in [-0.2, 0) is 18.2 Å². The van der Waals surface area contributed by atoms with Crippen LogP contribution in [0.5, 0.6) is 0 Å². The van der Waals surface area contributed by atoms with Crippen molar-refractivity contribution in [1.29, 1.82) is 0 Å². The predicted octanol–water partition coefficient (Wildman–Crippen LogP) is 1.52. The molecule has 2 rings (SSSR count). The van der Waals surface area contributed by atoms with Crippen molar-refractivity contribution >= 4 is 23.2 Å². The minimum atomic E-state index is 0.184. The Bertz CT molecular complexity index is 401. The van der Waals surface area contributed by atoms with Gasteiger partial charge in [0.2, 0.25) is 23.6 Å². The van der Waals surface area contributed by atoms with Crippen molar-refractivity contribution in [3.8, 4) is 0 Å². The fraction of sp³-hybridized carbons (Fsp3) is 0.429. The van der Waals surface area contributed by atoms with Gasteiger partial charge in [0.25, 0.3) is 0 Å². The van der Waals surface area contributed by atoms with Gasteiger partial charge in [0.05, 0.1) is 0 Å². The quantitative estimate of drug-likeness (QED) is 0.764. The average molecular weight is 249 g/mol. The molecule has 0 unspecified atom stereocenters. The lowest BCUT2D eigenvalue weighted by atomic mass is 10.4. The number of rotatable bonds is 4. The molecule has 0 amide bonds. The Kier molecular flexibility index (Phi) is 3.17. The van der Waals surface area contributed by atoms with E-state index in [4.69, 9.17) is 32.0 Å². The Hall–Kier alpha value is -1.14. The van der Waals surface area contributed by atoms with Crippen LogP contribution in [0, 0.1) is 0 Å².